The van der Waals surface area contributed by atoms with E-state index in [1.54, 1.807) is 0 Å². The summed E-state index contributed by atoms with van der Waals surface area (Å²) < 4.78 is 2.43. The van der Waals surface area contributed by atoms with Gasteiger partial charge >= 0.3 is 0 Å². The number of hydrogen-bond donors (Lipinski definition) is 0. The highest BCUT2D eigenvalue weighted by molar-refractivity contribution is 6.19. The molecule has 2 nitrogen and oxygen atoms in total. The molecule has 0 atom stereocenters. The maximum atomic E-state index is 2.43. The average molecular weight is 689 g/mol. The van der Waals surface area contributed by atoms with E-state index in [4.69, 9.17) is 0 Å². The maximum Gasteiger partial charge on any atom is 0.0619 e. The zero-order chi connectivity index (χ0) is 35.8. The minimum atomic E-state index is 1.11. The molecule has 1 heterocycles. The summed E-state index contributed by atoms with van der Waals surface area (Å²) in [6, 6.07) is 78.8. The van der Waals surface area contributed by atoms with Gasteiger partial charge in [0.05, 0.1) is 11.0 Å². The fourth-order valence-corrected chi connectivity index (χ4v) is 7.93. The molecule has 0 aliphatic carbocycles. The SMILES string of the molecule is c1ccc(-c2ccc(N(c3ccc(-c4ccccc4)cc3)c3ccc4c(ccc5c6ccccc6n(-c6ccc(-c7ccccc7)cc6)c45)c3)cc2)cc1. The quantitative estimate of drug-likeness (QED) is 0.162. The summed E-state index contributed by atoms with van der Waals surface area (Å²) in [4.78, 5) is 2.37. The van der Waals surface area contributed by atoms with Crippen LogP contribution in [0.1, 0.15) is 0 Å². The van der Waals surface area contributed by atoms with E-state index in [0.29, 0.717) is 0 Å². The molecule has 0 saturated carbocycles. The number of para-hydroxylation sites is 1. The lowest BCUT2D eigenvalue weighted by Gasteiger charge is -2.26. The highest BCUT2D eigenvalue weighted by atomic mass is 15.1. The highest BCUT2D eigenvalue weighted by Crippen LogP contribution is 2.41. The van der Waals surface area contributed by atoms with Gasteiger partial charge < -0.3 is 9.47 Å². The molecule has 0 radical (unpaired) electrons. The number of aromatic nitrogens is 1. The Balaban J connectivity index is 1.12. The molecule has 2 heteroatoms. The Hall–Kier alpha value is -7.16. The molecule has 1 aromatic heterocycles. The van der Waals surface area contributed by atoms with Crippen molar-refractivity contribution in [1.29, 1.82) is 0 Å². The number of benzene rings is 9. The van der Waals surface area contributed by atoms with Crippen molar-refractivity contribution in [3.8, 4) is 39.1 Å². The summed E-state index contributed by atoms with van der Waals surface area (Å²) >= 11 is 0. The van der Waals surface area contributed by atoms with Gasteiger partial charge in [0.15, 0.2) is 0 Å². The number of nitrogens with zero attached hydrogens (tertiary/aromatic N) is 2. The van der Waals surface area contributed by atoms with Crippen LogP contribution in [0.3, 0.4) is 0 Å². The highest BCUT2D eigenvalue weighted by Gasteiger charge is 2.18. The fourth-order valence-electron chi connectivity index (χ4n) is 7.93. The molecular formula is C52H36N2. The first-order chi connectivity index (χ1) is 26.8. The van der Waals surface area contributed by atoms with E-state index in [0.717, 1.165) is 22.7 Å². The summed E-state index contributed by atoms with van der Waals surface area (Å²) in [6.07, 6.45) is 0. The van der Waals surface area contributed by atoms with Crippen LogP contribution in [0.4, 0.5) is 17.1 Å². The van der Waals surface area contributed by atoms with E-state index in [9.17, 15) is 0 Å². The van der Waals surface area contributed by atoms with Crippen LogP contribution in [0.5, 0.6) is 0 Å². The summed E-state index contributed by atoms with van der Waals surface area (Å²) in [5.74, 6) is 0. The monoisotopic (exact) mass is 688 g/mol. The molecule has 10 aromatic rings. The predicted molar refractivity (Wildman–Crippen MR) is 229 cm³/mol. The van der Waals surface area contributed by atoms with E-state index in [-0.39, 0.29) is 0 Å². The van der Waals surface area contributed by atoms with Crippen LogP contribution in [0.25, 0.3) is 71.6 Å². The van der Waals surface area contributed by atoms with Crippen LogP contribution in [0, 0.1) is 0 Å². The van der Waals surface area contributed by atoms with Crippen molar-refractivity contribution in [3.05, 3.63) is 218 Å². The standard InChI is InChI=1S/C52H36N2/c1-4-12-37(13-5-1)40-20-27-44(28-21-40)53(45-29-22-41(23-30-45)38-14-6-2-7-15-38)47-33-35-48-43(36-47)26-34-50-49-18-10-11-19-51(49)54(52(48)50)46-31-24-42(25-32-46)39-16-8-3-9-17-39/h1-36H. The first-order valence-corrected chi connectivity index (χ1v) is 18.5. The van der Waals surface area contributed by atoms with Crippen molar-refractivity contribution < 1.29 is 0 Å². The second kappa shape index (κ2) is 13.4. The number of rotatable bonds is 7. The van der Waals surface area contributed by atoms with Gasteiger partial charge in [-0.2, -0.15) is 0 Å². The molecule has 0 aliphatic heterocycles. The summed E-state index contributed by atoms with van der Waals surface area (Å²) in [5, 5.41) is 4.92. The maximum absolute atomic E-state index is 2.43. The van der Waals surface area contributed by atoms with Gasteiger partial charge in [0.1, 0.15) is 0 Å². The molecule has 0 bridgehead atoms. The Bertz CT molecular complexity index is 2790. The lowest BCUT2D eigenvalue weighted by Crippen LogP contribution is -2.10. The van der Waals surface area contributed by atoms with E-state index >= 15 is 0 Å². The van der Waals surface area contributed by atoms with Gasteiger partial charge in [-0.05, 0) is 93.4 Å². The van der Waals surface area contributed by atoms with Gasteiger partial charge in [-0.1, -0.05) is 164 Å². The molecule has 0 unspecified atom stereocenters. The molecule has 10 rings (SSSR count). The van der Waals surface area contributed by atoms with Gasteiger partial charge in [0.2, 0.25) is 0 Å². The Labute approximate surface area is 315 Å². The Kier molecular flexibility index (Phi) is 7.85. The van der Waals surface area contributed by atoms with Gasteiger partial charge in [0, 0.05) is 38.9 Å². The smallest absolute Gasteiger partial charge is 0.0619 e. The summed E-state index contributed by atoms with van der Waals surface area (Å²) in [5.41, 5.74) is 14.1. The number of hydrogen-bond acceptors (Lipinski definition) is 1. The molecule has 0 aliphatic rings. The average Bonchev–Trinajstić information content (AvgIpc) is 3.60. The molecule has 0 fully saturated rings. The lowest BCUT2D eigenvalue weighted by atomic mass is 10.0. The van der Waals surface area contributed by atoms with E-state index in [1.807, 2.05) is 0 Å². The molecule has 0 N–H and O–H groups in total. The third kappa shape index (κ3) is 5.62. The van der Waals surface area contributed by atoms with Crippen molar-refractivity contribution >= 4 is 49.6 Å². The third-order valence-electron chi connectivity index (χ3n) is 10.6. The van der Waals surface area contributed by atoms with Crippen LogP contribution in [0.2, 0.25) is 0 Å². The minimum Gasteiger partial charge on any atom is -0.310 e. The lowest BCUT2D eigenvalue weighted by molar-refractivity contribution is 1.19. The van der Waals surface area contributed by atoms with Crippen molar-refractivity contribution in [1.82, 2.24) is 4.57 Å². The normalized spacial score (nSPS) is 11.3. The van der Waals surface area contributed by atoms with Gasteiger partial charge in [0.25, 0.3) is 0 Å². The van der Waals surface area contributed by atoms with Crippen molar-refractivity contribution in [2.75, 3.05) is 4.90 Å². The second-order valence-electron chi connectivity index (χ2n) is 13.8. The second-order valence-corrected chi connectivity index (χ2v) is 13.8. The van der Waals surface area contributed by atoms with Gasteiger partial charge in [-0.15, -0.1) is 0 Å². The molecule has 0 amide bonds. The molecule has 9 aromatic carbocycles. The Morgan fingerprint density at radius 1 is 0.296 bits per heavy atom. The predicted octanol–water partition coefficient (Wildman–Crippen LogP) is 14.4. The van der Waals surface area contributed by atoms with Crippen molar-refractivity contribution in [2.45, 2.75) is 0 Å². The molecule has 0 spiro atoms. The fraction of sp³-hybridized carbons (Fsp3) is 0. The zero-order valence-corrected chi connectivity index (χ0v) is 29.7. The van der Waals surface area contributed by atoms with E-state index in [2.05, 4.69) is 228 Å². The summed E-state index contributed by atoms with van der Waals surface area (Å²) in [7, 11) is 0. The largest absolute Gasteiger partial charge is 0.310 e. The topological polar surface area (TPSA) is 8.17 Å². The molecule has 0 saturated heterocycles. The Morgan fingerprint density at radius 2 is 0.722 bits per heavy atom. The van der Waals surface area contributed by atoms with Crippen LogP contribution in [-0.2, 0) is 0 Å². The Morgan fingerprint density at radius 3 is 1.26 bits per heavy atom. The van der Waals surface area contributed by atoms with Crippen molar-refractivity contribution in [2.24, 2.45) is 0 Å². The van der Waals surface area contributed by atoms with Gasteiger partial charge in [-0.25, -0.2) is 0 Å². The van der Waals surface area contributed by atoms with E-state index < -0.39 is 0 Å². The first-order valence-electron chi connectivity index (χ1n) is 18.5. The summed E-state index contributed by atoms with van der Waals surface area (Å²) in [6.45, 7) is 0. The van der Waals surface area contributed by atoms with Crippen LogP contribution < -0.4 is 4.90 Å². The van der Waals surface area contributed by atoms with Gasteiger partial charge in [-0.3, -0.25) is 0 Å². The van der Waals surface area contributed by atoms with E-state index in [1.165, 1.54) is 66.0 Å². The minimum absolute atomic E-state index is 1.11. The third-order valence-corrected chi connectivity index (χ3v) is 10.6. The number of anilines is 3. The zero-order valence-electron chi connectivity index (χ0n) is 29.7. The van der Waals surface area contributed by atoms with Crippen LogP contribution >= 0.6 is 0 Å². The number of fused-ring (bicyclic) bond motifs is 5. The van der Waals surface area contributed by atoms with Crippen molar-refractivity contribution in [3.63, 3.8) is 0 Å². The first kappa shape index (κ1) is 31.6. The van der Waals surface area contributed by atoms with Crippen LogP contribution in [0.15, 0.2) is 218 Å². The van der Waals surface area contributed by atoms with Crippen LogP contribution in [-0.4, -0.2) is 4.57 Å². The molecular weight excluding hydrogens is 653 g/mol. The molecule has 54 heavy (non-hydrogen) atoms. The molecule has 254 valence electrons.